The number of nitrogens with one attached hydrogen (secondary N) is 2. The lowest BCUT2D eigenvalue weighted by atomic mass is 9.95. The third kappa shape index (κ3) is 4.52. The van der Waals surface area contributed by atoms with Gasteiger partial charge in [0.25, 0.3) is 0 Å². The van der Waals surface area contributed by atoms with Gasteiger partial charge in [-0.2, -0.15) is 0 Å². The molecule has 20 heavy (non-hydrogen) atoms. The van der Waals surface area contributed by atoms with Crippen LogP contribution in [-0.4, -0.2) is 18.0 Å². The van der Waals surface area contributed by atoms with E-state index in [1.807, 2.05) is 17.5 Å². The Morgan fingerprint density at radius 1 is 1.35 bits per heavy atom. The molecule has 0 radical (unpaired) electrons. The predicted molar refractivity (Wildman–Crippen MR) is 79.4 cm³/mol. The number of hydrogen-bond acceptors (Lipinski definition) is 3. The Morgan fingerprint density at radius 2 is 2.10 bits per heavy atom. The molecule has 1 aliphatic rings. The van der Waals surface area contributed by atoms with Gasteiger partial charge in [-0.3, -0.25) is 4.79 Å². The number of thiophene rings is 1. The van der Waals surface area contributed by atoms with Crippen LogP contribution in [0.25, 0.3) is 0 Å². The van der Waals surface area contributed by atoms with E-state index < -0.39 is 6.03 Å². The van der Waals surface area contributed by atoms with E-state index in [9.17, 15) is 9.59 Å². The fraction of sp³-hybridized carbons (Fsp3) is 0.571. The SMILES string of the molecule is NC(=O)NC(CC(=O)NC1CCCCC1)c1cccs1. The van der Waals surface area contributed by atoms with Gasteiger partial charge in [0.1, 0.15) is 0 Å². The molecule has 1 fully saturated rings. The van der Waals surface area contributed by atoms with E-state index in [1.54, 1.807) is 0 Å². The summed E-state index contributed by atoms with van der Waals surface area (Å²) in [5.74, 6) is -0.0240. The summed E-state index contributed by atoms with van der Waals surface area (Å²) in [6.07, 6.45) is 5.96. The first kappa shape index (κ1) is 14.8. The van der Waals surface area contributed by atoms with Gasteiger partial charge in [-0.1, -0.05) is 25.3 Å². The van der Waals surface area contributed by atoms with Gasteiger partial charge in [-0.05, 0) is 24.3 Å². The molecule has 4 N–H and O–H groups in total. The first-order valence-corrected chi connectivity index (χ1v) is 7.92. The second-order valence-corrected chi connectivity index (χ2v) is 6.16. The summed E-state index contributed by atoms with van der Waals surface area (Å²) < 4.78 is 0. The fourth-order valence-electron chi connectivity index (χ4n) is 2.60. The number of primary amides is 1. The lowest BCUT2D eigenvalue weighted by molar-refractivity contribution is -0.122. The standard InChI is InChI=1S/C14H21N3O2S/c15-14(19)17-11(12-7-4-8-20-12)9-13(18)16-10-5-2-1-3-6-10/h4,7-8,10-11H,1-3,5-6,9H2,(H,16,18)(H3,15,17,19). The topological polar surface area (TPSA) is 84.2 Å². The van der Waals surface area contributed by atoms with Crippen LogP contribution >= 0.6 is 11.3 Å². The van der Waals surface area contributed by atoms with E-state index in [4.69, 9.17) is 5.73 Å². The minimum absolute atomic E-state index is 0.0240. The van der Waals surface area contributed by atoms with E-state index in [2.05, 4.69) is 10.6 Å². The number of nitrogens with two attached hydrogens (primary N) is 1. The molecule has 0 aromatic carbocycles. The molecule has 3 amide bonds. The van der Waals surface area contributed by atoms with E-state index in [0.717, 1.165) is 17.7 Å². The van der Waals surface area contributed by atoms with Gasteiger partial charge in [0.2, 0.25) is 5.91 Å². The molecule has 0 bridgehead atoms. The second-order valence-electron chi connectivity index (χ2n) is 5.18. The fourth-order valence-corrected chi connectivity index (χ4v) is 3.38. The Labute approximate surface area is 122 Å². The molecule has 1 aliphatic carbocycles. The number of carbonyl (C=O) groups excluding carboxylic acids is 2. The van der Waals surface area contributed by atoms with Gasteiger partial charge < -0.3 is 16.4 Å². The Morgan fingerprint density at radius 3 is 2.70 bits per heavy atom. The van der Waals surface area contributed by atoms with Gasteiger partial charge in [0.05, 0.1) is 12.5 Å². The predicted octanol–water partition coefficient (Wildman–Crippen LogP) is 2.30. The van der Waals surface area contributed by atoms with E-state index in [0.29, 0.717) is 0 Å². The van der Waals surface area contributed by atoms with Crippen molar-refractivity contribution in [2.75, 3.05) is 0 Å². The number of amides is 3. The van der Waals surface area contributed by atoms with Crippen molar-refractivity contribution in [2.45, 2.75) is 50.6 Å². The summed E-state index contributed by atoms with van der Waals surface area (Å²) in [7, 11) is 0. The molecule has 6 heteroatoms. The van der Waals surface area contributed by atoms with Gasteiger partial charge in [-0.25, -0.2) is 4.79 Å². The molecule has 1 atom stereocenters. The quantitative estimate of drug-likeness (QED) is 0.778. The van der Waals surface area contributed by atoms with Crippen molar-refractivity contribution < 1.29 is 9.59 Å². The van der Waals surface area contributed by atoms with Crippen molar-refractivity contribution in [1.29, 1.82) is 0 Å². The maximum absolute atomic E-state index is 12.1. The van der Waals surface area contributed by atoms with Gasteiger partial charge >= 0.3 is 6.03 Å². The van der Waals surface area contributed by atoms with Gasteiger partial charge in [0, 0.05) is 10.9 Å². The molecule has 0 saturated heterocycles. The van der Waals surface area contributed by atoms with Crippen LogP contribution in [0.4, 0.5) is 4.79 Å². The highest BCUT2D eigenvalue weighted by molar-refractivity contribution is 7.10. The smallest absolute Gasteiger partial charge is 0.312 e. The highest BCUT2D eigenvalue weighted by Gasteiger charge is 2.21. The maximum atomic E-state index is 12.1. The average molecular weight is 295 g/mol. The van der Waals surface area contributed by atoms with Crippen molar-refractivity contribution >= 4 is 23.3 Å². The maximum Gasteiger partial charge on any atom is 0.312 e. The third-order valence-electron chi connectivity index (χ3n) is 3.56. The van der Waals surface area contributed by atoms with Crippen LogP contribution in [0.3, 0.4) is 0 Å². The van der Waals surface area contributed by atoms with E-state index in [1.165, 1.54) is 30.6 Å². The normalized spacial score (nSPS) is 17.4. The van der Waals surface area contributed by atoms with Crippen LogP contribution in [0.5, 0.6) is 0 Å². The summed E-state index contributed by atoms with van der Waals surface area (Å²) >= 11 is 1.51. The van der Waals surface area contributed by atoms with Crippen LogP contribution < -0.4 is 16.4 Å². The van der Waals surface area contributed by atoms with Crippen molar-refractivity contribution in [3.8, 4) is 0 Å². The second kappa shape index (κ2) is 7.28. The van der Waals surface area contributed by atoms with Gasteiger partial charge in [-0.15, -0.1) is 11.3 Å². The molecule has 1 saturated carbocycles. The molecule has 1 aromatic heterocycles. The number of carbonyl (C=O) groups is 2. The van der Waals surface area contributed by atoms with Crippen LogP contribution in [0.15, 0.2) is 17.5 Å². The molecular formula is C14H21N3O2S. The summed E-state index contributed by atoms with van der Waals surface area (Å²) in [6, 6.07) is 3.15. The van der Waals surface area contributed by atoms with Crippen LogP contribution in [0.2, 0.25) is 0 Å². The molecule has 1 unspecified atom stereocenters. The first-order valence-electron chi connectivity index (χ1n) is 7.04. The Bertz CT molecular complexity index is 441. The molecule has 5 nitrogen and oxygen atoms in total. The molecule has 0 spiro atoms. The molecule has 0 aliphatic heterocycles. The largest absolute Gasteiger partial charge is 0.353 e. The number of rotatable bonds is 5. The lowest BCUT2D eigenvalue weighted by Gasteiger charge is -2.24. The zero-order chi connectivity index (χ0) is 14.4. The van der Waals surface area contributed by atoms with Crippen molar-refractivity contribution in [1.82, 2.24) is 10.6 Å². The van der Waals surface area contributed by atoms with Crippen LogP contribution in [0, 0.1) is 0 Å². The minimum Gasteiger partial charge on any atom is -0.353 e. The summed E-state index contributed by atoms with van der Waals surface area (Å²) in [5, 5.41) is 7.62. The Hall–Kier alpha value is -1.56. The first-order chi connectivity index (χ1) is 9.65. The van der Waals surface area contributed by atoms with Crippen molar-refractivity contribution in [3.63, 3.8) is 0 Å². The number of hydrogen-bond donors (Lipinski definition) is 3. The number of urea groups is 1. The molecular weight excluding hydrogens is 274 g/mol. The molecule has 1 aromatic rings. The molecule has 110 valence electrons. The van der Waals surface area contributed by atoms with Crippen LogP contribution in [0.1, 0.15) is 49.4 Å². The zero-order valence-electron chi connectivity index (χ0n) is 11.4. The minimum atomic E-state index is -0.603. The Balaban J connectivity index is 1.89. The molecule has 2 rings (SSSR count). The summed E-state index contributed by atoms with van der Waals surface area (Å²) in [6.45, 7) is 0. The zero-order valence-corrected chi connectivity index (χ0v) is 12.2. The highest BCUT2D eigenvalue weighted by atomic mass is 32.1. The Kier molecular flexibility index (Phi) is 5.40. The third-order valence-corrected chi connectivity index (χ3v) is 4.55. The van der Waals surface area contributed by atoms with Crippen molar-refractivity contribution in [3.05, 3.63) is 22.4 Å². The summed E-state index contributed by atoms with van der Waals surface area (Å²) in [4.78, 5) is 24.1. The van der Waals surface area contributed by atoms with Crippen LogP contribution in [-0.2, 0) is 4.79 Å². The monoisotopic (exact) mass is 295 g/mol. The lowest BCUT2D eigenvalue weighted by Crippen LogP contribution is -2.40. The average Bonchev–Trinajstić information content (AvgIpc) is 2.92. The van der Waals surface area contributed by atoms with E-state index in [-0.39, 0.29) is 24.4 Å². The van der Waals surface area contributed by atoms with E-state index >= 15 is 0 Å². The summed E-state index contributed by atoms with van der Waals surface area (Å²) in [5.41, 5.74) is 5.18. The van der Waals surface area contributed by atoms with Crippen molar-refractivity contribution in [2.24, 2.45) is 5.73 Å². The molecule has 1 heterocycles. The highest BCUT2D eigenvalue weighted by Crippen LogP contribution is 2.23. The van der Waals surface area contributed by atoms with Gasteiger partial charge in [0.15, 0.2) is 0 Å².